The number of rotatable bonds is 1. The second kappa shape index (κ2) is 3.50. The molecular formula is C12H15FN4. The molecular weight excluding hydrogens is 219 g/mol. The van der Waals surface area contributed by atoms with Crippen LogP contribution in [0.1, 0.15) is 25.6 Å². The average molecular weight is 234 g/mol. The molecule has 0 unspecified atom stereocenters. The first-order chi connectivity index (χ1) is 8.11. The van der Waals surface area contributed by atoms with Crippen LogP contribution in [0.2, 0.25) is 0 Å². The summed E-state index contributed by atoms with van der Waals surface area (Å²) in [5.74, 6) is 0.565. The molecule has 1 aliphatic rings. The zero-order valence-electron chi connectivity index (χ0n) is 10.0. The summed E-state index contributed by atoms with van der Waals surface area (Å²) < 4.78 is 15.1. The van der Waals surface area contributed by atoms with Crippen molar-refractivity contribution in [1.29, 1.82) is 0 Å². The SMILES string of the molecule is CN1CCC[C@@]1(C)c1nnc2ccc(F)cn12. The first kappa shape index (κ1) is 10.7. The van der Waals surface area contributed by atoms with Crippen LogP contribution < -0.4 is 0 Å². The van der Waals surface area contributed by atoms with Gasteiger partial charge in [0, 0.05) is 6.20 Å². The lowest BCUT2D eigenvalue weighted by atomic mass is 9.98. The van der Waals surface area contributed by atoms with Crippen molar-refractivity contribution >= 4 is 5.65 Å². The summed E-state index contributed by atoms with van der Waals surface area (Å²) in [5.41, 5.74) is 0.552. The van der Waals surface area contributed by atoms with Crippen LogP contribution >= 0.6 is 0 Å². The highest BCUT2D eigenvalue weighted by Gasteiger charge is 2.39. The Morgan fingerprint density at radius 3 is 2.88 bits per heavy atom. The van der Waals surface area contributed by atoms with Crippen molar-refractivity contribution in [2.24, 2.45) is 0 Å². The van der Waals surface area contributed by atoms with Crippen LogP contribution in [0.3, 0.4) is 0 Å². The number of pyridine rings is 1. The number of hydrogen-bond donors (Lipinski definition) is 0. The summed E-state index contributed by atoms with van der Waals surface area (Å²) in [4.78, 5) is 2.26. The van der Waals surface area contributed by atoms with Crippen LogP contribution in [0.4, 0.5) is 4.39 Å². The van der Waals surface area contributed by atoms with E-state index in [1.54, 1.807) is 10.5 Å². The molecule has 0 amide bonds. The van der Waals surface area contributed by atoms with Crippen LogP contribution in [-0.2, 0) is 5.54 Å². The molecule has 0 aliphatic carbocycles. The van der Waals surface area contributed by atoms with E-state index in [-0.39, 0.29) is 11.4 Å². The normalized spacial score (nSPS) is 25.8. The summed E-state index contributed by atoms with van der Waals surface area (Å²) in [6.45, 7) is 3.18. The molecule has 1 atom stereocenters. The molecule has 1 aliphatic heterocycles. The second-order valence-electron chi connectivity index (χ2n) is 4.90. The highest BCUT2D eigenvalue weighted by Crippen LogP contribution is 2.36. The quantitative estimate of drug-likeness (QED) is 0.754. The van der Waals surface area contributed by atoms with Gasteiger partial charge in [-0.05, 0) is 45.5 Å². The van der Waals surface area contributed by atoms with Crippen molar-refractivity contribution in [3.05, 3.63) is 30.0 Å². The molecule has 90 valence electrons. The van der Waals surface area contributed by atoms with Crippen molar-refractivity contribution in [3.63, 3.8) is 0 Å². The maximum absolute atomic E-state index is 13.3. The lowest BCUT2D eigenvalue weighted by Crippen LogP contribution is -2.37. The molecule has 4 nitrogen and oxygen atoms in total. The van der Waals surface area contributed by atoms with Gasteiger partial charge < -0.3 is 0 Å². The molecule has 1 fully saturated rings. The van der Waals surface area contributed by atoms with Gasteiger partial charge in [0.25, 0.3) is 0 Å². The monoisotopic (exact) mass is 234 g/mol. The molecule has 2 aromatic heterocycles. The number of halogens is 1. The van der Waals surface area contributed by atoms with Gasteiger partial charge >= 0.3 is 0 Å². The van der Waals surface area contributed by atoms with Gasteiger partial charge in [-0.2, -0.15) is 0 Å². The van der Waals surface area contributed by atoms with Gasteiger partial charge in [0.05, 0.1) is 5.54 Å². The van der Waals surface area contributed by atoms with Crippen molar-refractivity contribution in [2.75, 3.05) is 13.6 Å². The Hall–Kier alpha value is -1.49. The topological polar surface area (TPSA) is 33.4 Å². The van der Waals surface area contributed by atoms with E-state index in [0.717, 1.165) is 25.2 Å². The average Bonchev–Trinajstić information content (AvgIpc) is 2.84. The fourth-order valence-corrected chi connectivity index (χ4v) is 2.61. The number of hydrogen-bond acceptors (Lipinski definition) is 3. The minimum atomic E-state index is -0.261. The van der Waals surface area contributed by atoms with E-state index in [0.29, 0.717) is 5.65 Å². The first-order valence-electron chi connectivity index (χ1n) is 5.83. The van der Waals surface area contributed by atoms with Crippen molar-refractivity contribution in [2.45, 2.75) is 25.3 Å². The maximum Gasteiger partial charge on any atom is 0.161 e. The minimum absolute atomic E-state index is 0.146. The molecule has 5 heteroatoms. The van der Waals surface area contributed by atoms with Gasteiger partial charge in [-0.3, -0.25) is 9.30 Å². The third-order valence-corrected chi connectivity index (χ3v) is 3.85. The smallest absolute Gasteiger partial charge is 0.161 e. The molecule has 0 spiro atoms. The van der Waals surface area contributed by atoms with Crippen LogP contribution in [0.5, 0.6) is 0 Å². The standard InChI is InChI=1S/C12H15FN4/c1-12(6-3-7-16(12)2)11-15-14-10-5-4-9(13)8-17(10)11/h4-5,8H,3,6-7H2,1-2H3/t12-/m0/s1. The molecule has 0 N–H and O–H groups in total. The van der Waals surface area contributed by atoms with Gasteiger partial charge in [0.15, 0.2) is 11.5 Å². The van der Waals surface area contributed by atoms with E-state index in [4.69, 9.17) is 0 Å². The number of nitrogens with zero attached hydrogens (tertiary/aromatic N) is 4. The van der Waals surface area contributed by atoms with Crippen molar-refractivity contribution < 1.29 is 4.39 Å². The third kappa shape index (κ3) is 1.45. The van der Waals surface area contributed by atoms with E-state index >= 15 is 0 Å². The van der Waals surface area contributed by atoms with Crippen LogP contribution in [-0.4, -0.2) is 33.1 Å². The van der Waals surface area contributed by atoms with E-state index in [2.05, 4.69) is 29.1 Å². The Balaban J connectivity index is 2.20. The Labute approximate surface area is 99.1 Å². The lowest BCUT2D eigenvalue weighted by molar-refractivity contribution is 0.184. The second-order valence-corrected chi connectivity index (χ2v) is 4.90. The fourth-order valence-electron chi connectivity index (χ4n) is 2.61. The zero-order valence-corrected chi connectivity index (χ0v) is 10.0. The number of aromatic nitrogens is 3. The molecule has 0 saturated carbocycles. The van der Waals surface area contributed by atoms with Crippen LogP contribution in [0, 0.1) is 5.82 Å². The molecule has 3 heterocycles. The largest absolute Gasteiger partial charge is 0.294 e. The van der Waals surface area contributed by atoms with E-state index < -0.39 is 0 Å². The summed E-state index contributed by atoms with van der Waals surface area (Å²) in [6, 6.07) is 3.07. The van der Waals surface area contributed by atoms with Crippen molar-refractivity contribution in [3.8, 4) is 0 Å². The van der Waals surface area contributed by atoms with Gasteiger partial charge in [0.2, 0.25) is 0 Å². The van der Waals surface area contributed by atoms with Gasteiger partial charge in [-0.1, -0.05) is 0 Å². The molecule has 1 saturated heterocycles. The first-order valence-corrected chi connectivity index (χ1v) is 5.83. The molecule has 0 radical (unpaired) electrons. The third-order valence-electron chi connectivity index (χ3n) is 3.85. The highest BCUT2D eigenvalue weighted by atomic mass is 19.1. The summed E-state index contributed by atoms with van der Waals surface area (Å²) >= 11 is 0. The Kier molecular flexibility index (Phi) is 2.19. The van der Waals surface area contributed by atoms with Crippen LogP contribution in [0.15, 0.2) is 18.3 Å². The molecule has 3 rings (SSSR count). The molecule has 0 aromatic carbocycles. The Bertz CT molecular complexity index is 565. The Morgan fingerprint density at radius 1 is 1.35 bits per heavy atom. The van der Waals surface area contributed by atoms with E-state index in [1.807, 2.05) is 0 Å². The molecule has 0 bridgehead atoms. The summed E-state index contributed by atoms with van der Waals surface area (Å²) in [7, 11) is 2.08. The highest BCUT2D eigenvalue weighted by molar-refractivity contribution is 5.38. The predicted molar refractivity (Wildman–Crippen MR) is 62.2 cm³/mol. The maximum atomic E-state index is 13.3. The Morgan fingerprint density at radius 2 is 2.18 bits per heavy atom. The minimum Gasteiger partial charge on any atom is -0.294 e. The lowest BCUT2D eigenvalue weighted by Gasteiger charge is -2.30. The van der Waals surface area contributed by atoms with Gasteiger partial charge in [0.1, 0.15) is 5.82 Å². The number of likely N-dealkylation sites (tertiary alicyclic amines) is 1. The van der Waals surface area contributed by atoms with E-state index in [1.165, 1.54) is 12.3 Å². The zero-order chi connectivity index (χ0) is 12.0. The van der Waals surface area contributed by atoms with Gasteiger partial charge in [-0.15, -0.1) is 10.2 Å². The van der Waals surface area contributed by atoms with Crippen LogP contribution in [0.25, 0.3) is 5.65 Å². The molecule has 2 aromatic rings. The number of fused-ring (bicyclic) bond motifs is 1. The predicted octanol–water partition coefficient (Wildman–Crippen LogP) is 1.81. The van der Waals surface area contributed by atoms with Crippen molar-refractivity contribution in [1.82, 2.24) is 19.5 Å². The summed E-state index contributed by atoms with van der Waals surface area (Å²) in [6.07, 6.45) is 3.63. The molecule has 17 heavy (non-hydrogen) atoms. The summed E-state index contributed by atoms with van der Waals surface area (Å²) in [5, 5.41) is 8.35. The van der Waals surface area contributed by atoms with E-state index in [9.17, 15) is 4.39 Å². The fraction of sp³-hybridized carbons (Fsp3) is 0.500. The van der Waals surface area contributed by atoms with Gasteiger partial charge in [-0.25, -0.2) is 4.39 Å².